The Bertz CT molecular complexity index is 630. The lowest BCUT2D eigenvalue weighted by Gasteiger charge is -2.32. The summed E-state index contributed by atoms with van der Waals surface area (Å²) >= 11 is 0. The number of carbonyl (C=O) groups excluding carboxylic acids is 2. The van der Waals surface area contributed by atoms with Gasteiger partial charge in [0.15, 0.2) is 0 Å². The summed E-state index contributed by atoms with van der Waals surface area (Å²) in [6.45, 7) is 3.68. The number of nitrogens with one attached hydrogen (secondary N) is 1. The molecular weight excluding hydrogens is 320 g/mol. The molecule has 0 radical (unpaired) electrons. The average molecular weight is 346 g/mol. The van der Waals surface area contributed by atoms with Gasteiger partial charge < -0.3 is 15.3 Å². The van der Waals surface area contributed by atoms with Gasteiger partial charge in [-0.05, 0) is 43.4 Å². The fourth-order valence-electron chi connectivity index (χ4n) is 3.12. The van der Waals surface area contributed by atoms with E-state index in [1.54, 1.807) is 23.1 Å². The Kier molecular flexibility index (Phi) is 6.98. The highest BCUT2D eigenvalue weighted by molar-refractivity contribution is 5.87. The number of aromatic carboxylic acids is 1. The van der Waals surface area contributed by atoms with Crippen molar-refractivity contribution >= 4 is 17.8 Å². The maximum atomic E-state index is 12.3. The van der Waals surface area contributed by atoms with Crippen molar-refractivity contribution in [3.8, 4) is 0 Å². The number of piperidine rings is 1. The second-order valence-electron chi connectivity index (χ2n) is 6.48. The highest BCUT2D eigenvalue weighted by Crippen LogP contribution is 2.18. The zero-order valence-electron chi connectivity index (χ0n) is 14.7. The third-order valence-electron chi connectivity index (χ3n) is 4.50. The molecule has 6 heteroatoms. The number of carboxylic acids is 1. The van der Waals surface area contributed by atoms with Crippen molar-refractivity contribution in [1.82, 2.24) is 10.2 Å². The summed E-state index contributed by atoms with van der Waals surface area (Å²) in [7, 11) is 0. The second-order valence-corrected chi connectivity index (χ2v) is 6.48. The minimum absolute atomic E-state index is 0.0246. The van der Waals surface area contributed by atoms with E-state index in [0.717, 1.165) is 31.4 Å². The first-order valence-electron chi connectivity index (χ1n) is 8.89. The summed E-state index contributed by atoms with van der Waals surface area (Å²) in [6, 6.07) is 6.73. The Morgan fingerprint density at radius 1 is 1.32 bits per heavy atom. The van der Waals surface area contributed by atoms with Crippen LogP contribution in [0.1, 0.15) is 48.5 Å². The molecule has 1 unspecified atom stereocenters. The van der Waals surface area contributed by atoms with Crippen molar-refractivity contribution in [2.24, 2.45) is 5.92 Å². The van der Waals surface area contributed by atoms with Gasteiger partial charge in [0.05, 0.1) is 11.5 Å². The summed E-state index contributed by atoms with van der Waals surface area (Å²) < 4.78 is 0. The van der Waals surface area contributed by atoms with Gasteiger partial charge in [-0.15, -0.1) is 0 Å². The van der Waals surface area contributed by atoms with Crippen molar-refractivity contribution in [3.63, 3.8) is 0 Å². The van der Waals surface area contributed by atoms with Gasteiger partial charge in [-0.25, -0.2) is 4.79 Å². The van der Waals surface area contributed by atoms with Crippen LogP contribution >= 0.6 is 0 Å². The Balaban J connectivity index is 1.80. The number of hydrogen-bond acceptors (Lipinski definition) is 3. The second kappa shape index (κ2) is 9.20. The lowest BCUT2D eigenvalue weighted by Crippen LogP contribution is -2.45. The highest BCUT2D eigenvalue weighted by Gasteiger charge is 2.27. The van der Waals surface area contributed by atoms with E-state index in [1.807, 2.05) is 13.0 Å². The summed E-state index contributed by atoms with van der Waals surface area (Å²) in [5.74, 6) is -1.00. The lowest BCUT2D eigenvalue weighted by atomic mass is 9.96. The number of hydrogen-bond donors (Lipinski definition) is 2. The number of amides is 2. The zero-order valence-corrected chi connectivity index (χ0v) is 14.7. The quantitative estimate of drug-likeness (QED) is 0.791. The van der Waals surface area contributed by atoms with Gasteiger partial charge in [-0.1, -0.05) is 19.1 Å². The molecule has 0 saturated carbocycles. The van der Waals surface area contributed by atoms with Crippen molar-refractivity contribution in [2.45, 2.75) is 39.0 Å². The fraction of sp³-hybridized carbons (Fsp3) is 0.526. The third-order valence-corrected chi connectivity index (χ3v) is 4.50. The van der Waals surface area contributed by atoms with E-state index in [0.29, 0.717) is 25.9 Å². The van der Waals surface area contributed by atoms with Crippen LogP contribution in [0.2, 0.25) is 0 Å². The minimum Gasteiger partial charge on any atom is -0.478 e. The fourth-order valence-corrected chi connectivity index (χ4v) is 3.12. The molecule has 1 aromatic carbocycles. The Morgan fingerprint density at radius 3 is 2.84 bits per heavy atom. The molecule has 2 rings (SSSR count). The van der Waals surface area contributed by atoms with Gasteiger partial charge in [0, 0.05) is 26.1 Å². The molecule has 1 saturated heterocycles. The predicted molar refractivity (Wildman–Crippen MR) is 94.3 cm³/mol. The summed E-state index contributed by atoms with van der Waals surface area (Å²) in [4.78, 5) is 37.1. The number of carbonyl (C=O) groups is 3. The van der Waals surface area contributed by atoms with Crippen molar-refractivity contribution in [3.05, 3.63) is 35.4 Å². The molecule has 0 spiro atoms. The van der Waals surface area contributed by atoms with Crippen LogP contribution in [0.25, 0.3) is 0 Å². The first-order chi connectivity index (χ1) is 12.0. The smallest absolute Gasteiger partial charge is 0.335 e. The van der Waals surface area contributed by atoms with Gasteiger partial charge in [-0.3, -0.25) is 9.59 Å². The summed E-state index contributed by atoms with van der Waals surface area (Å²) in [6.07, 6.45) is 3.60. The van der Waals surface area contributed by atoms with Crippen molar-refractivity contribution in [2.75, 3.05) is 19.6 Å². The van der Waals surface area contributed by atoms with E-state index < -0.39 is 5.97 Å². The number of rotatable bonds is 7. The molecule has 1 atom stereocenters. The first kappa shape index (κ1) is 19.0. The summed E-state index contributed by atoms with van der Waals surface area (Å²) in [5.41, 5.74) is 1.13. The van der Waals surface area contributed by atoms with Gasteiger partial charge in [0.1, 0.15) is 0 Å². The highest BCUT2D eigenvalue weighted by atomic mass is 16.4. The van der Waals surface area contributed by atoms with Crippen molar-refractivity contribution < 1.29 is 19.5 Å². The van der Waals surface area contributed by atoms with Crippen LogP contribution in [-0.4, -0.2) is 47.4 Å². The zero-order chi connectivity index (χ0) is 18.2. The molecule has 1 aromatic rings. The normalized spacial score (nSPS) is 17.2. The van der Waals surface area contributed by atoms with E-state index in [2.05, 4.69) is 5.32 Å². The summed E-state index contributed by atoms with van der Waals surface area (Å²) in [5, 5.41) is 11.9. The molecule has 6 nitrogen and oxygen atoms in total. The van der Waals surface area contributed by atoms with Gasteiger partial charge in [0.25, 0.3) is 0 Å². The monoisotopic (exact) mass is 346 g/mol. The van der Waals surface area contributed by atoms with E-state index >= 15 is 0 Å². The maximum absolute atomic E-state index is 12.3. The Labute approximate surface area is 148 Å². The largest absolute Gasteiger partial charge is 0.478 e. The molecular formula is C19H26N2O4. The molecule has 1 aliphatic heterocycles. The topological polar surface area (TPSA) is 86.7 Å². The Hall–Kier alpha value is -2.37. The number of carboxylic acid groups (broad SMARTS) is 1. The first-order valence-corrected chi connectivity index (χ1v) is 8.89. The van der Waals surface area contributed by atoms with Crippen LogP contribution < -0.4 is 5.32 Å². The van der Waals surface area contributed by atoms with E-state index in [-0.39, 0.29) is 23.3 Å². The van der Waals surface area contributed by atoms with Gasteiger partial charge in [0.2, 0.25) is 11.8 Å². The molecule has 0 bridgehead atoms. The molecule has 25 heavy (non-hydrogen) atoms. The van der Waals surface area contributed by atoms with Crippen molar-refractivity contribution in [1.29, 1.82) is 0 Å². The predicted octanol–water partition coefficient (Wildman–Crippen LogP) is 2.08. The molecule has 2 N–H and O–H groups in total. The molecule has 2 amide bonds. The van der Waals surface area contributed by atoms with Crippen LogP contribution in [0.5, 0.6) is 0 Å². The van der Waals surface area contributed by atoms with Crippen LogP contribution in [-0.2, 0) is 16.0 Å². The van der Waals surface area contributed by atoms with Crippen LogP contribution in [0.15, 0.2) is 24.3 Å². The maximum Gasteiger partial charge on any atom is 0.335 e. The van der Waals surface area contributed by atoms with Crippen LogP contribution in [0.4, 0.5) is 0 Å². The van der Waals surface area contributed by atoms with E-state index in [4.69, 9.17) is 5.11 Å². The molecule has 0 aromatic heterocycles. The SMILES string of the molecule is CCCC(=O)N1CCCC(C(=O)NCCc2cccc(C(=O)O)c2)C1. The average Bonchev–Trinajstić information content (AvgIpc) is 2.62. The van der Waals surface area contributed by atoms with Gasteiger partial charge >= 0.3 is 5.97 Å². The number of benzene rings is 1. The number of likely N-dealkylation sites (tertiary alicyclic amines) is 1. The van der Waals surface area contributed by atoms with Gasteiger partial charge in [-0.2, -0.15) is 0 Å². The third kappa shape index (κ3) is 5.59. The van der Waals surface area contributed by atoms with Crippen LogP contribution in [0.3, 0.4) is 0 Å². The van der Waals surface area contributed by atoms with E-state index in [9.17, 15) is 14.4 Å². The lowest BCUT2D eigenvalue weighted by molar-refractivity contribution is -0.135. The Morgan fingerprint density at radius 2 is 2.12 bits per heavy atom. The molecule has 1 heterocycles. The molecule has 0 aliphatic carbocycles. The molecule has 1 fully saturated rings. The molecule has 1 aliphatic rings. The molecule has 136 valence electrons. The minimum atomic E-state index is -0.954. The van der Waals surface area contributed by atoms with Crippen LogP contribution in [0, 0.1) is 5.92 Å². The number of nitrogens with zero attached hydrogens (tertiary/aromatic N) is 1. The standard InChI is InChI=1S/C19H26N2O4/c1-2-5-17(22)21-11-4-8-16(13-21)18(23)20-10-9-14-6-3-7-15(12-14)19(24)25/h3,6-7,12,16H,2,4-5,8-11,13H2,1H3,(H,20,23)(H,24,25). The van der Waals surface area contributed by atoms with E-state index in [1.165, 1.54) is 0 Å².